The summed E-state index contributed by atoms with van der Waals surface area (Å²) >= 11 is 0. The minimum absolute atomic E-state index is 0.0840. The van der Waals surface area contributed by atoms with E-state index >= 15 is 0 Å². The SMILES string of the molecule is COC(=O)c1cc2ccccc2cc1NC(=O)[C@@H]1C[C@@H]1c1cnn(C)c1. The Morgan fingerprint density at radius 2 is 1.96 bits per heavy atom. The van der Waals surface area contributed by atoms with Crippen LogP contribution in [0.15, 0.2) is 48.8 Å². The fourth-order valence-corrected chi connectivity index (χ4v) is 3.33. The first-order valence-corrected chi connectivity index (χ1v) is 8.47. The zero-order chi connectivity index (χ0) is 18.3. The van der Waals surface area contributed by atoms with Gasteiger partial charge in [0.2, 0.25) is 5.91 Å². The van der Waals surface area contributed by atoms with Crippen LogP contribution in [0.5, 0.6) is 0 Å². The number of nitrogens with one attached hydrogen (secondary N) is 1. The number of aryl methyl sites for hydroxylation is 1. The Morgan fingerprint density at radius 3 is 2.62 bits per heavy atom. The molecular formula is C20H19N3O3. The normalized spacial score (nSPS) is 18.5. The Hall–Kier alpha value is -3.15. The molecule has 1 fully saturated rings. The smallest absolute Gasteiger partial charge is 0.339 e. The molecule has 0 aliphatic heterocycles. The van der Waals surface area contributed by atoms with E-state index in [1.807, 2.05) is 43.6 Å². The fraction of sp³-hybridized carbons (Fsp3) is 0.250. The van der Waals surface area contributed by atoms with Gasteiger partial charge in [0.05, 0.1) is 24.6 Å². The molecule has 1 saturated carbocycles. The van der Waals surface area contributed by atoms with Crippen LogP contribution < -0.4 is 5.32 Å². The second-order valence-corrected chi connectivity index (χ2v) is 6.62. The highest BCUT2D eigenvalue weighted by Crippen LogP contribution is 2.48. The lowest BCUT2D eigenvalue weighted by atomic mass is 10.0. The summed E-state index contributed by atoms with van der Waals surface area (Å²) in [5, 5.41) is 8.96. The monoisotopic (exact) mass is 349 g/mol. The molecule has 132 valence electrons. The average Bonchev–Trinajstić information content (AvgIpc) is 3.34. The number of carbonyl (C=O) groups excluding carboxylic acids is 2. The van der Waals surface area contributed by atoms with E-state index in [0.29, 0.717) is 11.3 Å². The Bertz CT molecular complexity index is 1010. The van der Waals surface area contributed by atoms with E-state index in [2.05, 4.69) is 10.4 Å². The summed E-state index contributed by atoms with van der Waals surface area (Å²) in [6.45, 7) is 0. The summed E-state index contributed by atoms with van der Waals surface area (Å²) in [5.41, 5.74) is 1.91. The molecule has 3 aromatic rings. The second-order valence-electron chi connectivity index (χ2n) is 6.62. The number of benzene rings is 2. The first-order valence-electron chi connectivity index (χ1n) is 8.47. The molecule has 1 N–H and O–H groups in total. The van der Waals surface area contributed by atoms with Crippen molar-refractivity contribution in [2.24, 2.45) is 13.0 Å². The predicted octanol–water partition coefficient (Wildman–Crippen LogP) is 3.10. The molecule has 1 aliphatic carbocycles. The third-order valence-electron chi connectivity index (χ3n) is 4.83. The number of esters is 1. The average molecular weight is 349 g/mol. The van der Waals surface area contributed by atoms with Crippen LogP contribution in [0.25, 0.3) is 10.8 Å². The number of methoxy groups -OCH3 is 1. The van der Waals surface area contributed by atoms with Gasteiger partial charge in [-0.2, -0.15) is 5.10 Å². The fourth-order valence-electron chi connectivity index (χ4n) is 3.33. The highest BCUT2D eigenvalue weighted by Gasteiger charge is 2.44. The number of nitrogens with zero attached hydrogens (tertiary/aromatic N) is 2. The van der Waals surface area contributed by atoms with Gasteiger partial charge in [0.15, 0.2) is 0 Å². The third-order valence-corrected chi connectivity index (χ3v) is 4.83. The molecule has 1 aliphatic rings. The number of hydrogen-bond acceptors (Lipinski definition) is 4. The summed E-state index contributed by atoms with van der Waals surface area (Å²) in [6, 6.07) is 11.3. The molecule has 2 aromatic carbocycles. The number of fused-ring (bicyclic) bond motifs is 1. The van der Waals surface area contributed by atoms with E-state index in [4.69, 9.17) is 4.74 Å². The maximum Gasteiger partial charge on any atom is 0.339 e. The van der Waals surface area contributed by atoms with Gasteiger partial charge >= 0.3 is 5.97 Å². The Morgan fingerprint density at radius 1 is 1.23 bits per heavy atom. The van der Waals surface area contributed by atoms with Crippen LogP contribution in [0.2, 0.25) is 0 Å². The number of carbonyl (C=O) groups is 2. The number of ether oxygens (including phenoxy) is 1. The van der Waals surface area contributed by atoms with Crippen molar-refractivity contribution in [2.75, 3.05) is 12.4 Å². The lowest BCUT2D eigenvalue weighted by Gasteiger charge is -2.11. The molecule has 6 nitrogen and oxygen atoms in total. The van der Waals surface area contributed by atoms with E-state index in [0.717, 1.165) is 22.8 Å². The zero-order valence-electron chi connectivity index (χ0n) is 14.6. The summed E-state index contributed by atoms with van der Waals surface area (Å²) in [6.07, 6.45) is 4.53. The topological polar surface area (TPSA) is 73.2 Å². The van der Waals surface area contributed by atoms with E-state index < -0.39 is 5.97 Å². The van der Waals surface area contributed by atoms with Crippen molar-refractivity contribution in [3.8, 4) is 0 Å². The molecule has 1 amide bonds. The Labute approximate surface area is 150 Å². The molecular weight excluding hydrogens is 330 g/mol. The molecule has 0 saturated heterocycles. The lowest BCUT2D eigenvalue weighted by molar-refractivity contribution is -0.117. The quantitative estimate of drug-likeness (QED) is 0.735. The standard InChI is InChI=1S/C20H19N3O3/c1-23-11-14(10-21-23)15-9-16(15)19(24)22-18-8-13-6-4-3-5-12(13)7-17(18)20(25)26-2/h3-8,10-11,15-16H,9H2,1-2H3,(H,22,24)/t15-,16-/m1/s1. The Kier molecular flexibility index (Phi) is 3.95. The zero-order valence-corrected chi connectivity index (χ0v) is 14.6. The molecule has 4 rings (SSSR count). The van der Waals surface area contributed by atoms with Gasteiger partial charge in [-0.05, 0) is 40.8 Å². The van der Waals surface area contributed by atoms with Gasteiger partial charge in [-0.15, -0.1) is 0 Å². The minimum atomic E-state index is -0.467. The molecule has 0 unspecified atom stereocenters. The van der Waals surface area contributed by atoms with Crippen LogP contribution in [0.3, 0.4) is 0 Å². The van der Waals surface area contributed by atoms with Crippen LogP contribution in [-0.2, 0) is 16.6 Å². The number of aromatic nitrogens is 2. The van der Waals surface area contributed by atoms with Crippen LogP contribution in [0.1, 0.15) is 28.3 Å². The maximum atomic E-state index is 12.7. The van der Waals surface area contributed by atoms with Gasteiger partial charge < -0.3 is 10.1 Å². The van der Waals surface area contributed by atoms with Gasteiger partial charge in [-0.1, -0.05) is 24.3 Å². The first-order chi connectivity index (χ1) is 12.6. The summed E-state index contributed by atoms with van der Waals surface area (Å²) < 4.78 is 6.61. The lowest BCUT2D eigenvalue weighted by Crippen LogP contribution is -2.17. The van der Waals surface area contributed by atoms with Crippen molar-refractivity contribution in [1.82, 2.24) is 9.78 Å². The van der Waals surface area contributed by atoms with E-state index in [9.17, 15) is 9.59 Å². The van der Waals surface area contributed by atoms with Crippen LogP contribution in [0, 0.1) is 5.92 Å². The van der Waals surface area contributed by atoms with E-state index in [1.54, 1.807) is 16.9 Å². The molecule has 6 heteroatoms. The van der Waals surface area contributed by atoms with Crippen LogP contribution in [-0.4, -0.2) is 28.8 Å². The van der Waals surface area contributed by atoms with Crippen molar-refractivity contribution in [3.05, 3.63) is 59.9 Å². The van der Waals surface area contributed by atoms with Gasteiger partial charge in [-0.3, -0.25) is 9.48 Å². The summed E-state index contributed by atoms with van der Waals surface area (Å²) in [4.78, 5) is 24.8. The molecule has 1 aromatic heterocycles. The number of hydrogen-bond donors (Lipinski definition) is 1. The van der Waals surface area contributed by atoms with Crippen LogP contribution >= 0.6 is 0 Å². The number of rotatable bonds is 4. The highest BCUT2D eigenvalue weighted by molar-refractivity contribution is 6.06. The van der Waals surface area contributed by atoms with Crippen molar-refractivity contribution < 1.29 is 14.3 Å². The molecule has 0 spiro atoms. The van der Waals surface area contributed by atoms with Gasteiger partial charge in [-0.25, -0.2) is 4.79 Å². The molecule has 0 radical (unpaired) electrons. The van der Waals surface area contributed by atoms with Crippen molar-refractivity contribution in [1.29, 1.82) is 0 Å². The van der Waals surface area contributed by atoms with E-state index in [1.165, 1.54) is 7.11 Å². The predicted molar refractivity (Wildman–Crippen MR) is 98.0 cm³/mol. The molecule has 26 heavy (non-hydrogen) atoms. The van der Waals surface area contributed by atoms with Crippen molar-refractivity contribution in [2.45, 2.75) is 12.3 Å². The minimum Gasteiger partial charge on any atom is -0.465 e. The van der Waals surface area contributed by atoms with Crippen LogP contribution in [0.4, 0.5) is 5.69 Å². The first kappa shape index (κ1) is 16.3. The molecule has 0 bridgehead atoms. The van der Waals surface area contributed by atoms with Gasteiger partial charge in [0.25, 0.3) is 0 Å². The second kappa shape index (κ2) is 6.29. The Balaban J connectivity index is 1.60. The van der Waals surface area contributed by atoms with Crippen molar-refractivity contribution in [3.63, 3.8) is 0 Å². The molecule has 1 heterocycles. The van der Waals surface area contributed by atoms with Gasteiger partial charge in [0, 0.05) is 19.2 Å². The molecule has 2 atom stereocenters. The highest BCUT2D eigenvalue weighted by atomic mass is 16.5. The number of amides is 1. The summed E-state index contributed by atoms with van der Waals surface area (Å²) in [5.74, 6) is -0.466. The third kappa shape index (κ3) is 2.94. The van der Waals surface area contributed by atoms with E-state index in [-0.39, 0.29) is 17.7 Å². The summed E-state index contributed by atoms with van der Waals surface area (Å²) in [7, 11) is 3.20. The van der Waals surface area contributed by atoms with Gasteiger partial charge in [0.1, 0.15) is 0 Å². The number of anilines is 1. The van der Waals surface area contributed by atoms with Crippen molar-refractivity contribution >= 4 is 28.3 Å². The largest absolute Gasteiger partial charge is 0.465 e. The maximum absolute atomic E-state index is 12.7.